The predicted molar refractivity (Wildman–Crippen MR) is 114 cm³/mol. The van der Waals surface area contributed by atoms with Crippen molar-refractivity contribution in [3.05, 3.63) is 53.2 Å². The number of oxazole rings is 1. The van der Waals surface area contributed by atoms with Crippen LogP contribution in [0, 0.1) is 0 Å². The molecule has 0 atom stereocenters. The second-order valence-corrected chi connectivity index (χ2v) is 8.61. The normalized spacial score (nSPS) is 14.2. The van der Waals surface area contributed by atoms with Gasteiger partial charge in [0.15, 0.2) is 0 Å². The van der Waals surface area contributed by atoms with Crippen LogP contribution in [-0.2, 0) is 16.8 Å². The minimum atomic E-state index is -0.443. The van der Waals surface area contributed by atoms with E-state index in [2.05, 4.69) is 22.2 Å². The van der Waals surface area contributed by atoms with Crippen molar-refractivity contribution in [1.82, 2.24) is 15.2 Å². The Hall–Kier alpha value is -3.00. The Kier molecular flexibility index (Phi) is 6.07. The average molecular weight is 433 g/mol. The summed E-state index contributed by atoms with van der Waals surface area (Å²) in [5.74, 6) is -0.208. The lowest BCUT2D eigenvalue weighted by molar-refractivity contribution is -0.130. The molecular weight excluding hydrogens is 408 g/mol. The molecule has 0 bridgehead atoms. The highest BCUT2D eigenvalue weighted by molar-refractivity contribution is 6.31. The van der Waals surface area contributed by atoms with E-state index in [1.165, 1.54) is 18.3 Å². The fourth-order valence-corrected chi connectivity index (χ4v) is 3.52. The van der Waals surface area contributed by atoms with Gasteiger partial charge in [0.05, 0.1) is 24.5 Å². The summed E-state index contributed by atoms with van der Waals surface area (Å²) in [6.45, 7) is 10.6. The fraction of sp³-hybridized carbons (Fsp3) is 0.381. The molecular formula is C21H25ClN4O4. The molecule has 30 heavy (non-hydrogen) atoms. The number of nitrogens with zero attached hydrogens (tertiary/aromatic N) is 2. The summed E-state index contributed by atoms with van der Waals surface area (Å²) in [7, 11) is 0. The number of hydrogen-bond acceptors (Lipinski definition) is 6. The monoisotopic (exact) mass is 432 g/mol. The second-order valence-electron chi connectivity index (χ2n) is 8.20. The molecule has 3 rings (SSSR count). The molecule has 2 heterocycles. The number of rotatable bonds is 6. The summed E-state index contributed by atoms with van der Waals surface area (Å²) < 4.78 is 5.50. The Bertz CT molecular complexity index is 974. The molecule has 1 aromatic heterocycles. The van der Waals surface area contributed by atoms with E-state index >= 15 is 0 Å². The Morgan fingerprint density at radius 2 is 2.10 bits per heavy atom. The number of halogens is 1. The fourth-order valence-electron chi connectivity index (χ4n) is 3.08. The van der Waals surface area contributed by atoms with Crippen LogP contribution in [0.2, 0.25) is 5.02 Å². The second kappa shape index (κ2) is 8.39. The van der Waals surface area contributed by atoms with Crippen molar-refractivity contribution in [3.8, 4) is 5.75 Å². The molecule has 160 valence electrons. The number of phenolic OH excluding ortho intramolecular Hbond substituents is 1. The average Bonchev–Trinajstić information content (AvgIpc) is 3.11. The Labute approximate surface area is 179 Å². The van der Waals surface area contributed by atoms with Gasteiger partial charge in [0.25, 0.3) is 5.89 Å². The molecule has 0 saturated carbocycles. The molecule has 2 amide bonds. The molecule has 1 fully saturated rings. The van der Waals surface area contributed by atoms with E-state index in [1.807, 2.05) is 20.8 Å². The molecule has 1 aliphatic rings. The minimum Gasteiger partial charge on any atom is -0.506 e. The van der Waals surface area contributed by atoms with E-state index < -0.39 is 5.91 Å². The zero-order chi connectivity index (χ0) is 22.1. The zero-order valence-electron chi connectivity index (χ0n) is 17.2. The van der Waals surface area contributed by atoms with Crippen molar-refractivity contribution >= 4 is 29.1 Å². The van der Waals surface area contributed by atoms with E-state index in [0.717, 1.165) is 5.56 Å². The van der Waals surface area contributed by atoms with Gasteiger partial charge in [-0.25, -0.2) is 4.98 Å². The van der Waals surface area contributed by atoms with Crippen LogP contribution in [0.3, 0.4) is 0 Å². The maximum absolute atomic E-state index is 12.3. The van der Waals surface area contributed by atoms with Crippen LogP contribution in [0.5, 0.6) is 5.75 Å². The van der Waals surface area contributed by atoms with E-state index in [9.17, 15) is 14.7 Å². The molecule has 0 radical (unpaired) electrons. The molecule has 2 aromatic rings. The third-order valence-electron chi connectivity index (χ3n) is 4.80. The van der Waals surface area contributed by atoms with Crippen LogP contribution in [-0.4, -0.2) is 45.9 Å². The number of anilines is 1. The first kappa shape index (κ1) is 21.7. The maximum Gasteiger partial charge on any atom is 0.307 e. The van der Waals surface area contributed by atoms with Crippen molar-refractivity contribution in [1.29, 1.82) is 0 Å². The van der Waals surface area contributed by atoms with Crippen LogP contribution >= 0.6 is 11.6 Å². The van der Waals surface area contributed by atoms with E-state index in [0.29, 0.717) is 29.6 Å². The molecule has 1 aromatic carbocycles. The van der Waals surface area contributed by atoms with E-state index in [4.69, 9.17) is 16.0 Å². The van der Waals surface area contributed by atoms with Crippen LogP contribution < -0.4 is 10.6 Å². The zero-order valence-corrected chi connectivity index (χ0v) is 17.9. The Morgan fingerprint density at radius 1 is 1.40 bits per heavy atom. The van der Waals surface area contributed by atoms with E-state index in [-0.39, 0.29) is 35.5 Å². The van der Waals surface area contributed by atoms with Gasteiger partial charge in [0, 0.05) is 24.2 Å². The number of carbonyl (C=O) groups excluding carboxylic acids is 2. The highest BCUT2D eigenvalue weighted by atomic mass is 35.5. The number of aromatic nitrogens is 1. The largest absolute Gasteiger partial charge is 0.506 e. The van der Waals surface area contributed by atoms with Gasteiger partial charge < -0.3 is 25.1 Å². The first-order chi connectivity index (χ1) is 14.1. The van der Waals surface area contributed by atoms with Crippen molar-refractivity contribution in [2.75, 3.05) is 18.4 Å². The summed E-state index contributed by atoms with van der Waals surface area (Å²) in [6, 6.07) is 3.16. The van der Waals surface area contributed by atoms with Gasteiger partial charge in [0.1, 0.15) is 11.5 Å². The van der Waals surface area contributed by atoms with Crippen LogP contribution in [0.15, 0.2) is 35.4 Å². The lowest BCUT2D eigenvalue weighted by Crippen LogP contribution is -2.60. The number of nitrogens with one attached hydrogen (secondary N) is 2. The summed E-state index contributed by atoms with van der Waals surface area (Å²) in [4.78, 5) is 29.3. The summed E-state index contributed by atoms with van der Waals surface area (Å²) in [5, 5.41) is 16.5. The lowest BCUT2D eigenvalue weighted by atomic mass is 9.86. The first-order valence-corrected chi connectivity index (χ1v) is 9.90. The molecule has 0 spiro atoms. The topological polar surface area (TPSA) is 108 Å². The highest BCUT2D eigenvalue weighted by Gasteiger charge is 2.31. The Morgan fingerprint density at radius 3 is 2.73 bits per heavy atom. The molecule has 1 saturated heterocycles. The van der Waals surface area contributed by atoms with Gasteiger partial charge in [-0.3, -0.25) is 9.59 Å². The van der Waals surface area contributed by atoms with Crippen molar-refractivity contribution in [2.45, 2.75) is 38.8 Å². The van der Waals surface area contributed by atoms with Crippen molar-refractivity contribution in [2.24, 2.45) is 0 Å². The SMILES string of the molecule is C=CC(=O)N1CC(NC(=O)c2ncc(CNc3cc(C(C)(C)C)c(Cl)cc3O)o2)C1. The number of amides is 2. The number of phenols is 1. The molecule has 0 aliphatic carbocycles. The smallest absolute Gasteiger partial charge is 0.307 e. The standard InChI is InChI=1S/C21H25ClN4O4/c1-5-18(28)26-10-12(11-26)25-19(29)20-24-9-13(30-20)8-23-16-6-14(21(2,3)4)15(22)7-17(16)27/h5-7,9,12,23,27H,1,8,10-11H2,2-4H3,(H,25,29). The molecule has 1 aliphatic heterocycles. The summed E-state index contributed by atoms with van der Waals surface area (Å²) in [6.07, 6.45) is 2.70. The number of carbonyl (C=O) groups is 2. The summed E-state index contributed by atoms with van der Waals surface area (Å²) >= 11 is 6.25. The third kappa shape index (κ3) is 4.76. The van der Waals surface area contributed by atoms with Gasteiger partial charge in [-0.15, -0.1) is 0 Å². The number of aromatic hydroxyl groups is 1. The quantitative estimate of drug-likeness (QED) is 0.478. The first-order valence-electron chi connectivity index (χ1n) is 9.52. The summed E-state index contributed by atoms with van der Waals surface area (Å²) in [5.41, 5.74) is 1.21. The number of likely N-dealkylation sites (tertiary alicyclic amines) is 1. The molecule has 3 N–H and O–H groups in total. The van der Waals surface area contributed by atoms with E-state index in [1.54, 1.807) is 11.0 Å². The highest BCUT2D eigenvalue weighted by Crippen LogP contribution is 2.37. The predicted octanol–water partition coefficient (Wildman–Crippen LogP) is 3.07. The van der Waals surface area contributed by atoms with Gasteiger partial charge in [-0.05, 0) is 23.1 Å². The van der Waals surface area contributed by atoms with Gasteiger partial charge in [0.2, 0.25) is 5.91 Å². The maximum atomic E-state index is 12.3. The molecule has 0 unspecified atom stereocenters. The number of benzene rings is 1. The van der Waals surface area contributed by atoms with Crippen molar-refractivity contribution in [3.63, 3.8) is 0 Å². The van der Waals surface area contributed by atoms with Gasteiger partial charge >= 0.3 is 5.91 Å². The minimum absolute atomic E-state index is 0.0223. The van der Waals surface area contributed by atoms with Crippen LogP contribution in [0.1, 0.15) is 42.8 Å². The number of hydrogen-bond donors (Lipinski definition) is 3. The molecule has 8 nitrogen and oxygen atoms in total. The lowest BCUT2D eigenvalue weighted by Gasteiger charge is -2.38. The van der Waals surface area contributed by atoms with Crippen LogP contribution in [0.4, 0.5) is 5.69 Å². The van der Waals surface area contributed by atoms with Crippen molar-refractivity contribution < 1.29 is 19.1 Å². The van der Waals surface area contributed by atoms with Crippen LogP contribution in [0.25, 0.3) is 0 Å². The van der Waals surface area contributed by atoms with Gasteiger partial charge in [-0.1, -0.05) is 39.0 Å². The molecule has 9 heteroatoms. The Balaban J connectivity index is 1.58. The third-order valence-corrected chi connectivity index (χ3v) is 5.11. The van der Waals surface area contributed by atoms with Gasteiger partial charge in [-0.2, -0.15) is 0 Å².